The van der Waals surface area contributed by atoms with Gasteiger partial charge in [0, 0.05) is 32.4 Å². The third-order valence-corrected chi connectivity index (χ3v) is 5.43. The maximum absolute atomic E-state index is 15.0. The van der Waals surface area contributed by atoms with Gasteiger partial charge < -0.3 is 19.3 Å². The van der Waals surface area contributed by atoms with Gasteiger partial charge in [0.25, 0.3) is 0 Å². The van der Waals surface area contributed by atoms with E-state index in [1.807, 2.05) is 32.6 Å². The van der Waals surface area contributed by atoms with Gasteiger partial charge in [0.15, 0.2) is 0 Å². The molecule has 4 rings (SSSR count). The predicted molar refractivity (Wildman–Crippen MR) is 119 cm³/mol. The molecule has 33 heavy (non-hydrogen) atoms. The Hall–Kier alpha value is -3.37. The van der Waals surface area contributed by atoms with Gasteiger partial charge in [-0.3, -0.25) is 4.90 Å². The van der Waals surface area contributed by atoms with Crippen LogP contribution in [0.25, 0.3) is 0 Å². The van der Waals surface area contributed by atoms with E-state index in [4.69, 9.17) is 9.47 Å². The standard InChI is InChI=1S/C22H29FN6O4/c1-15-12-28(25-24-15)13-17-14-29(21(31)32-17)16-5-6-19(18(23)11-16)26-7-9-27(10-8-26)20(30)33-22(2,3)4/h5-6,11-12,17H,7-10,13-14H2,1-4H3/t17-/m0/s1. The molecule has 0 saturated carbocycles. The van der Waals surface area contributed by atoms with Gasteiger partial charge in [-0.25, -0.2) is 18.7 Å². The number of anilines is 2. The Labute approximate surface area is 191 Å². The zero-order valence-electron chi connectivity index (χ0n) is 19.3. The lowest BCUT2D eigenvalue weighted by molar-refractivity contribution is 0.0240. The highest BCUT2D eigenvalue weighted by molar-refractivity contribution is 5.90. The number of hydrogen-bond acceptors (Lipinski definition) is 7. The van der Waals surface area contributed by atoms with E-state index in [2.05, 4.69) is 10.3 Å². The van der Waals surface area contributed by atoms with E-state index < -0.39 is 23.6 Å². The predicted octanol–water partition coefficient (Wildman–Crippen LogP) is 2.81. The highest BCUT2D eigenvalue weighted by Gasteiger charge is 2.34. The Kier molecular flexibility index (Phi) is 6.13. The molecule has 2 aliphatic rings. The van der Waals surface area contributed by atoms with Gasteiger partial charge in [0.05, 0.1) is 30.2 Å². The minimum atomic E-state index is -0.555. The van der Waals surface area contributed by atoms with Crippen LogP contribution in [0.3, 0.4) is 0 Å². The molecule has 3 heterocycles. The summed E-state index contributed by atoms with van der Waals surface area (Å²) in [5, 5.41) is 7.90. The second-order valence-corrected chi connectivity index (χ2v) is 9.29. The summed E-state index contributed by atoms with van der Waals surface area (Å²) in [6.07, 6.45) is 0.492. The van der Waals surface area contributed by atoms with Gasteiger partial charge >= 0.3 is 12.2 Å². The first kappa shape index (κ1) is 22.8. The molecule has 178 valence electrons. The SMILES string of the molecule is Cc1cn(C[C@H]2CN(c3ccc(N4CCN(C(=O)OC(C)(C)C)CC4)c(F)c3)C(=O)O2)nn1. The number of aromatic nitrogens is 3. The number of carbonyl (C=O) groups excluding carboxylic acids is 2. The maximum Gasteiger partial charge on any atom is 0.414 e. The van der Waals surface area contributed by atoms with Crippen LogP contribution in [0.4, 0.5) is 25.4 Å². The highest BCUT2D eigenvalue weighted by Crippen LogP contribution is 2.29. The summed E-state index contributed by atoms with van der Waals surface area (Å²) in [5.74, 6) is -0.429. The number of amides is 2. The van der Waals surface area contributed by atoms with Gasteiger partial charge in [-0.15, -0.1) is 5.10 Å². The van der Waals surface area contributed by atoms with Crippen molar-refractivity contribution in [1.29, 1.82) is 0 Å². The van der Waals surface area contributed by atoms with Crippen LogP contribution in [0, 0.1) is 12.7 Å². The van der Waals surface area contributed by atoms with Crippen LogP contribution in [0.5, 0.6) is 0 Å². The molecule has 0 aliphatic carbocycles. The normalized spacial score (nSPS) is 19.1. The van der Waals surface area contributed by atoms with Crippen molar-refractivity contribution in [2.75, 3.05) is 42.5 Å². The molecule has 0 unspecified atom stereocenters. The molecule has 11 heteroatoms. The fraction of sp³-hybridized carbons (Fsp3) is 0.545. The number of nitrogens with zero attached hydrogens (tertiary/aromatic N) is 6. The lowest BCUT2D eigenvalue weighted by Crippen LogP contribution is -2.50. The quantitative estimate of drug-likeness (QED) is 0.693. The molecule has 2 fully saturated rings. The third-order valence-electron chi connectivity index (χ3n) is 5.43. The smallest absolute Gasteiger partial charge is 0.414 e. The number of piperazine rings is 1. The van der Waals surface area contributed by atoms with Crippen molar-refractivity contribution >= 4 is 23.6 Å². The van der Waals surface area contributed by atoms with Gasteiger partial charge in [-0.2, -0.15) is 0 Å². The van der Waals surface area contributed by atoms with Crippen molar-refractivity contribution in [3.8, 4) is 0 Å². The second-order valence-electron chi connectivity index (χ2n) is 9.29. The van der Waals surface area contributed by atoms with E-state index >= 15 is 0 Å². The number of rotatable bonds is 4. The molecule has 2 amide bonds. The van der Waals surface area contributed by atoms with Crippen molar-refractivity contribution in [2.24, 2.45) is 0 Å². The first-order valence-corrected chi connectivity index (χ1v) is 11.0. The number of benzene rings is 1. The minimum absolute atomic E-state index is 0.297. The largest absolute Gasteiger partial charge is 0.444 e. The van der Waals surface area contributed by atoms with Crippen molar-refractivity contribution in [2.45, 2.75) is 45.9 Å². The molecule has 1 aromatic heterocycles. The lowest BCUT2D eigenvalue weighted by atomic mass is 10.2. The molecule has 2 aliphatic heterocycles. The topological polar surface area (TPSA) is 93.0 Å². The molecule has 10 nitrogen and oxygen atoms in total. The van der Waals surface area contributed by atoms with E-state index in [0.29, 0.717) is 50.6 Å². The number of cyclic esters (lactones) is 1. The van der Waals surface area contributed by atoms with Crippen molar-refractivity contribution in [3.63, 3.8) is 0 Å². The molecule has 0 bridgehead atoms. The third kappa shape index (κ3) is 5.35. The average Bonchev–Trinajstić information content (AvgIpc) is 3.31. The fourth-order valence-electron chi connectivity index (χ4n) is 3.90. The van der Waals surface area contributed by atoms with E-state index in [1.54, 1.807) is 27.9 Å². The first-order valence-electron chi connectivity index (χ1n) is 11.0. The first-order chi connectivity index (χ1) is 15.6. The molecular weight excluding hydrogens is 431 g/mol. The van der Waals surface area contributed by atoms with E-state index in [0.717, 1.165) is 5.69 Å². The monoisotopic (exact) mass is 460 g/mol. The Morgan fingerprint density at radius 1 is 1.24 bits per heavy atom. The van der Waals surface area contributed by atoms with E-state index in [1.165, 1.54) is 11.0 Å². The molecule has 0 radical (unpaired) electrons. The van der Waals surface area contributed by atoms with Gasteiger partial charge in [0.1, 0.15) is 17.5 Å². The van der Waals surface area contributed by atoms with Crippen LogP contribution >= 0.6 is 0 Å². The Balaban J connectivity index is 1.36. The van der Waals surface area contributed by atoms with Gasteiger partial charge in [-0.05, 0) is 45.9 Å². The maximum atomic E-state index is 15.0. The van der Waals surface area contributed by atoms with Crippen LogP contribution in [0.15, 0.2) is 24.4 Å². The summed E-state index contributed by atoms with van der Waals surface area (Å²) in [6.45, 7) is 9.84. The molecular formula is C22H29FN6O4. The summed E-state index contributed by atoms with van der Waals surface area (Å²) in [7, 11) is 0. The zero-order valence-corrected chi connectivity index (χ0v) is 19.3. The summed E-state index contributed by atoms with van der Waals surface area (Å²) in [5.41, 5.74) is 1.09. The average molecular weight is 461 g/mol. The Morgan fingerprint density at radius 2 is 1.97 bits per heavy atom. The summed E-state index contributed by atoms with van der Waals surface area (Å²) < 4.78 is 27.4. The van der Waals surface area contributed by atoms with Crippen LogP contribution in [0.2, 0.25) is 0 Å². The summed E-state index contributed by atoms with van der Waals surface area (Å²) in [4.78, 5) is 29.5. The number of ether oxygens (including phenoxy) is 2. The van der Waals surface area contributed by atoms with Crippen molar-refractivity contribution < 1.29 is 23.5 Å². The molecule has 0 spiro atoms. The Bertz CT molecular complexity index is 1030. The summed E-state index contributed by atoms with van der Waals surface area (Å²) in [6, 6.07) is 4.72. The van der Waals surface area contributed by atoms with Gasteiger partial charge in [0.2, 0.25) is 0 Å². The number of hydrogen-bond donors (Lipinski definition) is 0. The van der Waals surface area contributed by atoms with Gasteiger partial charge in [-0.1, -0.05) is 5.21 Å². The fourth-order valence-corrected chi connectivity index (χ4v) is 3.90. The van der Waals surface area contributed by atoms with Crippen molar-refractivity contribution in [1.82, 2.24) is 19.9 Å². The Morgan fingerprint density at radius 3 is 2.58 bits per heavy atom. The number of carbonyl (C=O) groups is 2. The molecule has 1 aromatic carbocycles. The second kappa shape index (κ2) is 8.87. The van der Waals surface area contributed by atoms with Crippen LogP contribution in [-0.2, 0) is 16.0 Å². The van der Waals surface area contributed by atoms with E-state index in [-0.39, 0.29) is 6.09 Å². The van der Waals surface area contributed by atoms with Crippen molar-refractivity contribution in [3.05, 3.63) is 35.9 Å². The summed E-state index contributed by atoms with van der Waals surface area (Å²) >= 11 is 0. The molecule has 2 saturated heterocycles. The van der Waals surface area contributed by atoms with Crippen LogP contribution in [-0.4, -0.2) is 76.5 Å². The number of halogens is 1. The number of aryl methyl sites for hydroxylation is 1. The minimum Gasteiger partial charge on any atom is -0.444 e. The van der Waals surface area contributed by atoms with E-state index in [9.17, 15) is 14.0 Å². The van der Waals surface area contributed by atoms with Crippen LogP contribution < -0.4 is 9.80 Å². The molecule has 1 atom stereocenters. The van der Waals surface area contributed by atoms with Crippen LogP contribution in [0.1, 0.15) is 26.5 Å². The molecule has 2 aromatic rings. The highest BCUT2D eigenvalue weighted by atomic mass is 19.1. The zero-order chi connectivity index (χ0) is 23.8. The lowest BCUT2D eigenvalue weighted by Gasteiger charge is -2.37. The molecule has 0 N–H and O–H groups in total.